The first kappa shape index (κ1) is 25.2. The van der Waals surface area contributed by atoms with Crippen LogP contribution in [0.2, 0.25) is 0 Å². The number of anilines is 1. The maximum Gasteiger partial charge on any atom is 0.280 e. The molecule has 5 rings (SSSR count). The van der Waals surface area contributed by atoms with Gasteiger partial charge < -0.3 is 4.74 Å². The minimum Gasteiger partial charge on any atom is -0.493 e. The fraction of sp³-hybridized carbons (Fsp3) is 0.219. The van der Waals surface area contributed by atoms with Crippen molar-refractivity contribution in [2.45, 2.75) is 34.1 Å². The van der Waals surface area contributed by atoms with Crippen LogP contribution in [-0.4, -0.2) is 28.0 Å². The largest absolute Gasteiger partial charge is 0.493 e. The van der Waals surface area contributed by atoms with Gasteiger partial charge in [0.1, 0.15) is 5.75 Å². The Kier molecular flexibility index (Phi) is 7.22. The number of nitrogens with zero attached hydrogens (tertiary/aromatic N) is 4. The standard InChI is InChI=1S/C32H32N4O2/c1-22(2)17-18-38-30-16-15-25(19-23(30)3)31-26(21-35(34-31)27-11-7-5-8-12-27)20-29-24(4)33-36(32(29)37)28-13-9-6-10-14-28/h5-16,19-22H,17-18H2,1-4H3/b29-20+. The fourth-order valence-corrected chi connectivity index (χ4v) is 4.38. The van der Waals surface area contributed by atoms with Crippen LogP contribution in [0.3, 0.4) is 0 Å². The molecule has 6 heteroatoms. The number of ether oxygens (including phenoxy) is 1. The van der Waals surface area contributed by atoms with Crippen molar-refractivity contribution in [3.63, 3.8) is 0 Å². The Balaban J connectivity index is 1.53. The second-order valence-electron chi connectivity index (χ2n) is 9.92. The quantitative estimate of drug-likeness (QED) is 0.241. The zero-order valence-corrected chi connectivity index (χ0v) is 22.3. The molecule has 38 heavy (non-hydrogen) atoms. The summed E-state index contributed by atoms with van der Waals surface area (Å²) in [5.74, 6) is 1.32. The van der Waals surface area contributed by atoms with Gasteiger partial charge in [-0.3, -0.25) is 4.79 Å². The molecule has 3 aromatic carbocycles. The number of rotatable bonds is 8. The highest BCUT2D eigenvalue weighted by molar-refractivity contribution is 6.32. The van der Waals surface area contributed by atoms with Crippen LogP contribution >= 0.6 is 0 Å². The number of aryl methyl sites for hydroxylation is 1. The minimum atomic E-state index is -0.155. The van der Waals surface area contributed by atoms with Crippen molar-refractivity contribution in [3.8, 4) is 22.7 Å². The van der Waals surface area contributed by atoms with E-state index in [1.165, 1.54) is 5.01 Å². The number of amides is 1. The second-order valence-corrected chi connectivity index (χ2v) is 9.92. The molecule has 4 aromatic rings. The lowest BCUT2D eigenvalue weighted by atomic mass is 10.0. The third-order valence-electron chi connectivity index (χ3n) is 6.53. The molecule has 6 nitrogen and oxygen atoms in total. The molecule has 0 saturated heterocycles. The highest BCUT2D eigenvalue weighted by Gasteiger charge is 2.29. The first-order chi connectivity index (χ1) is 18.4. The lowest BCUT2D eigenvalue weighted by Gasteiger charge is -2.12. The van der Waals surface area contributed by atoms with Crippen molar-refractivity contribution in [2.24, 2.45) is 11.0 Å². The molecule has 0 saturated carbocycles. The molecule has 0 bridgehead atoms. The molecule has 0 unspecified atom stereocenters. The van der Waals surface area contributed by atoms with Gasteiger partial charge in [0.15, 0.2) is 0 Å². The van der Waals surface area contributed by atoms with Gasteiger partial charge in [-0.25, -0.2) is 4.68 Å². The summed E-state index contributed by atoms with van der Waals surface area (Å²) in [5.41, 5.74) is 6.54. The number of hydrazone groups is 1. The Bertz CT molecular complexity index is 1500. The van der Waals surface area contributed by atoms with Crippen LogP contribution < -0.4 is 9.75 Å². The molecule has 0 fully saturated rings. The first-order valence-corrected chi connectivity index (χ1v) is 13.0. The summed E-state index contributed by atoms with van der Waals surface area (Å²) >= 11 is 0. The fourth-order valence-electron chi connectivity index (χ4n) is 4.38. The van der Waals surface area contributed by atoms with Gasteiger partial charge in [0.25, 0.3) is 5.91 Å². The second kappa shape index (κ2) is 10.9. The summed E-state index contributed by atoms with van der Waals surface area (Å²) in [4.78, 5) is 13.4. The number of carbonyl (C=O) groups excluding carboxylic acids is 1. The molecule has 0 N–H and O–H groups in total. The molecule has 1 aliphatic rings. The zero-order chi connectivity index (χ0) is 26.6. The Morgan fingerprint density at radius 3 is 2.26 bits per heavy atom. The Morgan fingerprint density at radius 2 is 1.61 bits per heavy atom. The monoisotopic (exact) mass is 504 g/mol. The summed E-state index contributed by atoms with van der Waals surface area (Å²) in [5, 5.41) is 10.9. The molecule has 2 heterocycles. The van der Waals surface area contributed by atoms with E-state index < -0.39 is 0 Å². The van der Waals surface area contributed by atoms with Crippen molar-refractivity contribution in [1.82, 2.24) is 9.78 Å². The smallest absolute Gasteiger partial charge is 0.280 e. The lowest BCUT2D eigenvalue weighted by molar-refractivity contribution is -0.114. The third-order valence-corrected chi connectivity index (χ3v) is 6.53. The molecule has 0 aliphatic carbocycles. The van der Waals surface area contributed by atoms with E-state index in [1.807, 2.05) is 96.7 Å². The van der Waals surface area contributed by atoms with E-state index >= 15 is 0 Å². The molecule has 1 aliphatic heterocycles. The first-order valence-electron chi connectivity index (χ1n) is 13.0. The van der Waals surface area contributed by atoms with Gasteiger partial charge in [-0.1, -0.05) is 50.2 Å². The van der Waals surface area contributed by atoms with E-state index in [9.17, 15) is 4.79 Å². The maximum absolute atomic E-state index is 13.4. The summed E-state index contributed by atoms with van der Waals surface area (Å²) < 4.78 is 7.88. The van der Waals surface area contributed by atoms with Crippen LogP contribution in [0.25, 0.3) is 23.0 Å². The zero-order valence-electron chi connectivity index (χ0n) is 22.3. The van der Waals surface area contributed by atoms with E-state index in [2.05, 4.69) is 31.9 Å². The number of carbonyl (C=O) groups is 1. The minimum absolute atomic E-state index is 0.155. The van der Waals surface area contributed by atoms with Gasteiger partial charge in [0, 0.05) is 17.3 Å². The van der Waals surface area contributed by atoms with Crippen LogP contribution in [0, 0.1) is 12.8 Å². The van der Waals surface area contributed by atoms with E-state index in [0.29, 0.717) is 23.8 Å². The molecule has 0 radical (unpaired) electrons. The van der Waals surface area contributed by atoms with Gasteiger partial charge in [-0.15, -0.1) is 0 Å². The van der Waals surface area contributed by atoms with Crippen molar-refractivity contribution in [3.05, 3.63) is 102 Å². The van der Waals surface area contributed by atoms with Gasteiger partial charge in [-0.2, -0.15) is 15.2 Å². The molecule has 1 aromatic heterocycles. The summed E-state index contributed by atoms with van der Waals surface area (Å²) in [6, 6.07) is 25.6. The normalized spacial score (nSPS) is 14.4. The summed E-state index contributed by atoms with van der Waals surface area (Å²) in [6.45, 7) is 8.99. The van der Waals surface area contributed by atoms with Crippen LogP contribution in [0.4, 0.5) is 5.69 Å². The van der Waals surface area contributed by atoms with Crippen LogP contribution in [-0.2, 0) is 4.79 Å². The topological polar surface area (TPSA) is 59.7 Å². The van der Waals surface area contributed by atoms with Crippen molar-refractivity contribution >= 4 is 23.4 Å². The van der Waals surface area contributed by atoms with Gasteiger partial charge >= 0.3 is 0 Å². The number of para-hydroxylation sites is 2. The van der Waals surface area contributed by atoms with E-state index in [1.54, 1.807) is 0 Å². The van der Waals surface area contributed by atoms with Crippen molar-refractivity contribution < 1.29 is 9.53 Å². The van der Waals surface area contributed by atoms with Gasteiger partial charge in [0.2, 0.25) is 0 Å². The average molecular weight is 505 g/mol. The number of aromatic nitrogens is 2. The summed E-state index contributed by atoms with van der Waals surface area (Å²) in [6.07, 6.45) is 4.87. The Labute approximate surface area is 223 Å². The molecule has 0 atom stereocenters. The maximum atomic E-state index is 13.4. The Hall–Kier alpha value is -4.45. The third kappa shape index (κ3) is 5.30. The van der Waals surface area contributed by atoms with Crippen molar-refractivity contribution in [1.29, 1.82) is 0 Å². The van der Waals surface area contributed by atoms with Crippen LogP contribution in [0.1, 0.15) is 38.3 Å². The van der Waals surface area contributed by atoms with Gasteiger partial charge in [0.05, 0.1) is 35.0 Å². The SMILES string of the molecule is CC1=NN(c2ccccc2)C(=O)/C1=C/c1cn(-c2ccccc2)nc1-c1ccc(OCCC(C)C)c(C)c1. The van der Waals surface area contributed by atoms with E-state index in [0.717, 1.165) is 45.9 Å². The van der Waals surface area contributed by atoms with Crippen LogP contribution in [0.15, 0.2) is 95.7 Å². The number of hydrogen-bond donors (Lipinski definition) is 0. The summed E-state index contributed by atoms with van der Waals surface area (Å²) in [7, 11) is 0. The molecular weight excluding hydrogens is 472 g/mol. The Morgan fingerprint density at radius 1 is 0.921 bits per heavy atom. The highest BCUT2D eigenvalue weighted by Crippen LogP contribution is 2.32. The molecule has 192 valence electrons. The molecule has 1 amide bonds. The van der Waals surface area contributed by atoms with E-state index in [4.69, 9.17) is 9.84 Å². The van der Waals surface area contributed by atoms with Crippen LogP contribution in [0.5, 0.6) is 5.75 Å². The predicted octanol–water partition coefficient (Wildman–Crippen LogP) is 7.08. The van der Waals surface area contributed by atoms with Gasteiger partial charge in [-0.05, 0) is 80.3 Å². The average Bonchev–Trinajstić information content (AvgIpc) is 3.47. The predicted molar refractivity (Wildman–Crippen MR) is 154 cm³/mol. The van der Waals surface area contributed by atoms with E-state index in [-0.39, 0.29) is 5.91 Å². The number of hydrogen-bond acceptors (Lipinski definition) is 4. The molecular formula is C32H32N4O2. The number of benzene rings is 3. The molecule has 0 spiro atoms. The highest BCUT2D eigenvalue weighted by atomic mass is 16.5. The lowest BCUT2D eigenvalue weighted by Crippen LogP contribution is -2.21. The van der Waals surface area contributed by atoms with Crippen molar-refractivity contribution in [2.75, 3.05) is 11.6 Å².